The van der Waals surface area contributed by atoms with Gasteiger partial charge in [0.2, 0.25) is 11.1 Å². The Morgan fingerprint density at radius 3 is 1.38 bits per heavy atom. The van der Waals surface area contributed by atoms with Crippen LogP contribution in [0.25, 0.3) is 61.8 Å². The highest BCUT2D eigenvalue weighted by Crippen LogP contribution is 2.19. The van der Waals surface area contributed by atoms with Crippen LogP contribution < -0.4 is 5.32 Å². The van der Waals surface area contributed by atoms with Gasteiger partial charge in [-0.1, -0.05) is 130 Å². The number of carboxylic acids is 1. The fourth-order valence-electron chi connectivity index (χ4n) is 7.16. The Labute approximate surface area is 498 Å². The topological polar surface area (TPSA) is 233 Å². The lowest BCUT2D eigenvalue weighted by Crippen LogP contribution is -2.34. The third-order valence-electron chi connectivity index (χ3n) is 11.8. The molecule has 0 atom stereocenters. The van der Waals surface area contributed by atoms with Crippen molar-refractivity contribution in [2.75, 3.05) is 13.1 Å². The second-order valence-corrected chi connectivity index (χ2v) is 21.2. The molecule has 0 fully saturated rings. The molecule has 0 saturated carbocycles. The van der Waals surface area contributed by atoms with Crippen LogP contribution in [0.4, 0.5) is 0 Å². The Kier molecular flexibility index (Phi) is 25.8. The van der Waals surface area contributed by atoms with Crippen molar-refractivity contribution >= 4 is 121 Å². The van der Waals surface area contributed by atoms with Crippen molar-refractivity contribution in [1.29, 1.82) is 0 Å². The van der Waals surface area contributed by atoms with Crippen LogP contribution in [0.15, 0.2) is 188 Å². The number of para-hydroxylation sites is 4. The van der Waals surface area contributed by atoms with Gasteiger partial charge in [-0.3, -0.25) is 33.7 Å². The Morgan fingerprint density at radius 2 is 0.941 bits per heavy atom. The van der Waals surface area contributed by atoms with Gasteiger partial charge in [-0.25, -0.2) is 29.5 Å². The zero-order valence-corrected chi connectivity index (χ0v) is 48.9. The van der Waals surface area contributed by atoms with E-state index in [0.717, 1.165) is 88.2 Å². The minimum absolute atomic E-state index is 0.0440. The number of hydrogen-bond donors (Lipinski definition) is 2. The van der Waals surface area contributed by atoms with E-state index >= 15 is 0 Å². The molecular weight excluding hydrogens is 1100 g/mol. The molecule has 436 valence electrons. The summed E-state index contributed by atoms with van der Waals surface area (Å²) in [6, 6.07) is 45.8. The number of allylic oxidation sites excluding steroid dienone is 2. The minimum Gasteiger partial charge on any atom is -0.478 e. The van der Waals surface area contributed by atoms with Crippen LogP contribution in [0.1, 0.15) is 94.8 Å². The van der Waals surface area contributed by atoms with Crippen molar-refractivity contribution in [1.82, 2.24) is 30.2 Å². The Balaban J connectivity index is 0.000000195. The number of aliphatic carboxylic acids is 1. The van der Waals surface area contributed by atoms with E-state index in [1.54, 1.807) is 71.9 Å². The Bertz CT molecular complexity index is 3820. The van der Waals surface area contributed by atoms with Crippen molar-refractivity contribution in [3.8, 4) is 0 Å². The number of amides is 3. The predicted molar refractivity (Wildman–Crippen MR) is 334 cm³/mol. The molecule has 2 aliphatic rings. The molecule has 3 amide bonds. The van der Waals surface area contributed by atoms with E-state index in [1.165, 1.54) is 35.3 Å². The largest absolute Gasteiger partial charge is 0.478 e. The molecule has 0 spiro atoms. The van der Waals surface area contributed by atoms with Gasteiger partial charge in [-0.2, -0.15) is 0 Å². The summed E-state index contributed by atoms with van der Waals surface area (Å²) in [5.74, 6) is -2.72. The van der Waals surface area contributed by atoms with E-state index in [2.05, 4.69) is 25.3 Å². The monoisotopic (exact) mass is 1160 g/mol. The van der Waals surface area contributed by atoms with Crippen molar-refractivity contribution < 1.29 is 48.2 Å². The van der Waals surface area contributed by atoms with Crippen molar-refractivity contribution in [2.45, 2.75) is 67.2 Å². The van der Waals surface area contributed by atoms with Crippen LogP contribution in [0.3, 0.4) is 0 Å². The maximum Gasteiger partial charge on any atom is 0.338 e. The SMILES string of the molecule is CC(C)(C)C(=O)Cl.CC(C)(C)C(=O)OC(=O)/C=C/c1ccc2ccccc2n1.O=C(O)/C=C/c1ccc2ccccc2n1.O=C1C=CCCCN1.O=C1C=CCCCN1C(=O)/C=C/c1ccc2ccccc2n1.O=Cc1ccc2ccccc2n1. The van der Waals surface area contributed by atoms with Crippen molar-refractivity contribution in [2.24, 2.45) is 10.8 Å². The van der Waals surface area contributed by atoms with E-state index in [9.17, 15) is 38.4 Å². The molecule has 0 saturated heterocycles. The van der Waals surface area contributed by atoms with Crippen LogP contribution in [0.2, 0.25) is 0 Å². The first kappa shape index (κ1) is 65.9. The number of nitrogens with zero attached hydrogens (tertiary/aromatic N) is 5. The summed E-state index contributed by atoms with van der Waals surface area (Å²) in [5.41, 5.74) is 4.84. The molecule has 85 heavy (non-hydrogen) atoms. The second-order valence-electron chi connectivity index (χ2n) is 20.9. The molecule has 4 aromatic heterocycles. The first-order valence-electron chi connectivity index (χ1n) is 27.2. The molecule has 2 N–H and O–H groups in total. The summed E-state index contributed by atoms with van der Waals surface area (Å²) in [5, 5.41) is 15.1. The number of nitrogens with one attached hydrogen (secondary N) is 1. The summed E-state index contributed by atoms with van der Waals surface area (Å²) >= 11 is 5.11. The van der Waals surface area contributed by atoms with Gasteiger partial charge in [0, 0.05) is 58.3 Å². The number of aromatic nitrogens is 4. The summed E-state index contributed by atoms with van der Waals surface area (Å²) in [6.45, 7) is 11.7. The van der Waals surface area contributed by atoms with Crippen molar-refractivity contribution in [3.63, 3.8) is 0 Å². The van der Waals surface area contributed by atoms with E-state index < -0.39 is 23.3 Å². The fraction of sp³-hybridized carbons (Fsp3) is 0.206. The lowest BCUT2D eigenvalue weighted by molar-refractivity contribution is -0.162. The first-order valence-corrected chi connectivity index (χ1v) is 27.6. The van der Waals surface area contributed by atoms with Gasteiger partial charge in [0.15, 0.2) is 6.29 Å². The van der Waals surface area contributed by atoms with Gasteiger partial charge in [-0.15, -0.1) is 0 Å². The maximum atomic E-state index is 12.2. The number of imide groups is 1. The van der Waals surface area contributed by atoms with E-state index in [4.69, 9.17) is 21.4 Å². The number of carboxylic acid groups (broad SMARTS) is 1. The summed E-state index contributed by atoms with van der Waals surface area (Å²) < 4.78 is 4.73. The maximum absolute atomic E-state index is 12.2. The zero-order chi connectivity index (χ0) is 61.8. The fourth-order valence-corrected chi connectivity index (χ4v) is 7.16. The van der Waals surface area contributed by atoms with E-state index in [1.807, 2.05) is 140 Å². The molecule has 0 radical (unpaired) electrons. The van der Waals surface area contributed by atoms with Crippen LogP contribution in [0.5, 0.6) is 0 Å². The van der Waals surface area contributed by atoms with Crippen LogP contribution in [0, 0.1) is 10.8 Å². The van der Waals surface area contributed by atoms with Gasteiger partial charge in [0.1, 0.15) is 5.69 Å². The van der Waals surface area contributed by atoms with Crippen molar-refractivity contribution in [3.05, 3.63) is 211 Å². The molecule has 4 aromatic carbocycles. The average molecular weight is 1160 g/mol. The molecule has 16 nitrogen and oxygen atoms in total. The Morgan fingerprint density at radius 1 is 0.541 bits per heavy atom. The number of rotatable bonds is 7. The lowest BCUT2D eigenvalue weighted by Gasteiger charge is -2.15. The van der Waals surface area contributed by atoms with Gasteiger partial charge in [-0.05, 0) is 137 Å². The number of aldehydes is 1. The van der Waals surface area contributed by atoms with Crippen LogP contribution >= 0.6 is 11.6 Å². The number of benzene rings is 4. The molecule has 8 aromatic rings. The second kappa shape index (κ2) is 33.2. The molecule has 0 aliphatic carbocycles. The summed E-state index contributed by atoms with van der Waals surface area (Å²) in [7, 11) is 0. The minimum atomic E-state index is -0.968. The van der Waals surface area contributed by atoms with Gasteiger partial charge in [0.25, 0.3) is 11.8 Å². The molecule has 0 bridgehead atoms. The number of halogens is 1. The molecule has 2 aliphatic heterocycles. The van der Waals surface area contributed by atoms with Crippen LogP contribution in [-0.2, 0) is 38.3 Å². The van der Waals surface area contributed by atoms with Gasteiger partial charge < -0.3 is 15.2 Å². The highest BCUT2D eigenvalue weighted by Gasteiger charge is 2.25. The number of esters is 2. The number of carbonyl (C=O) groups excluding carboxylic acids is 7. The standard InChI is InChI=1S/C18H16N2O2.C17H17NO3.C12H9NO2.C10H7NO.C6H9NO.C5H9ClO/c21-17-8-2-1-5-13-20(17)18(22)12-11-15-10-9-14-6-3-4-7-16(14)19-15;1-17(2,3)16(20)21-15(19)11-10-13-9-8-12-6-4-5-7-14(12)18-13;14-12(15)8-7-10-6-5-9-3-1-2-4-11(9)13-10;12-7-9-6-5-8-3-1-2-4-10(8)11-9;8-6-4-2-1-3-5-7-6;1-5(2,3)4(6)7/h2-4,6-12H,1,5,13H2;4-11H,1-3H3;1-8H,(H,14,15);1-7H;2,4H,1,3,5H2,(H,7,8);1-3H3/b12-11+;11-10+;8-7+;;;. The van der Waals surface area contributed by atoms with Crippen LogP contribution in [-0.4, -0.2) is 90.2 Å². The Hall–Kier alpha value is -9.93. The highest BCUT2D eigenvalue weighted by molar-refractivity contribution is 6.64. The number of hydrogen-bond acceptors (Lipinski definition) is 13. The normalized spacial score (nSPS) is 13.0. The first-order chi connectivity index (χ1) is 40.6. The quantitative estimate of drug-likeness (QED) is 0.0497. The smallest absolute Gasteiger partial charge is 0.338 e. The number of carbonyl (C=O) groups is 8. The lowest BCUT2D eigenvalue weighted by atomic mass is 9.97. The third kappa shape index (κ3) is 23.5. The van der Waals surface area contributed by atoms with E-state index in [0.29, 0.717) is 29.3 Å². The molecule has 10 rings (SSSR count). The molecular formula is C68H67ClN6O10. The summed E-state index contributed by atoms with van der Waals surface area (Å²) in [4.78, 5) is 107. The molecule has 17 heteroatoms. The highest BCUT2D eigenvalue weighted by atomic mass is 35.5. The number of pyridine rings is 4. The third-order valence-corrected chi connectivity index (χ3v) is 12.4. The molecule has 0 unspecified atom stereocenters. The average Bonchev–Trinajstić information content (AvgIpc) is 4.09. The summed E-state index contributed by atoms with van der Waals surface area (Å²) in [6.07, 6.45) is 19.6. The predicted octanol–water partition coefficient (Wildman–Crippen LogP) is 12.9. The number of ether oxygens (including phenoxy) is 1. The van der Waals surface area contributed by atoms with Gasteiger partial charge in [0.05, 0.1) is 44.6 Å². The molecule has 6 heterocycles. The number of fused-ring (bicyclic) bond motifs is 4. The zero-order valence-electron chi connectivity index (χ0n) is 48.2. The van der Waals surface area contributed by atoms with E-state index in [-0.39, 0.29) is 28.4 Å². The van der Waals surface area contributed by atoms with Gasteiger partial charge >= 0.3 is 17.9 Å².